The van der Waals surface area contributed by atoms with Crippen LogP contribution in [0.4, 0.5) is 4.79 Å². The number of nitrogens with one attached hydrogen (secondary N) is 1. The molecule has 164 valence electrons. The summed E-state index contributed by atoms with van der Waals surface area (Å²) in [5.41, 5.74) is 0.987. The van der Waals surface area contributed by atoms with E-state index in [0.717, 1.165) is 18.5 Å². The van der Waals surface area contributed by atoms with Crippen LogP contribution in [0.2, 0.25) is 0 Å². The van der Waals surface area contributed by atoms with Gasteiger partial charge in [-0.3, -0.25) is 9.59 Å². The van der Waals surface area contributed by atoms with Crippen molar-refractivity contribution in [1.82, 2.24) is 19.7 Å². The van der Waals surface area contributed by atoms with E-state index in [1.807, 2.05) is 36.9 Å². The van der Waals surface area contributed by atoms with Gasteiger partial charge in [0.25, 0.3) is 0 Å². The molecule has 0 fully saturated rings. The van der Waals surface area contributed by atoms with E-state index >= 15 is 0 Å². The van der Waals surface area contributed by atoms with E-state index in [4.69, 9.17) is 9.47 Å². The van der Waals surface area contributed by atoms with Gasteiger partial charge in [-0.15, -0.1) is 0 Å². The molecule has 0 saturated heterocycles. The zero-order valence-corrected chi connectivity index (χ0v) is 18.0. The van der Waals surface area contributed by atoms with Crippen molar-refractivity contribution in [1.29, 1.82) is 0 Å². The maximum atomic E-state index is 13.0. The highest BCUT2D eigenvalue weighted by atomic mass is 16.5. The number of carbonyl (C=O) groups is 3. The summed E-state index contributed by atoms with van der Waals surface area (Å²) in [6.07, 6.45) is 3.56. The maximum Gasteiger partial charge on any atom is 0.325 e. The molecule has 0 unspecified atom stereocenters. The van der Waals surface area contributed by atoms with Crippen molar-refractivity contribution in [2.24, 2.45) is 7.05 Å². The summed E-state index contributed by atoms with van der Waals surface area (Å²) in [7, 11) is 3.51. The van der Waals surface area contributed by atoms with Crippen molar-refractivity contribution in [2.75, 3.05) is 46.5 Å². The molecule has 9 heteroatoms. The number of amides is 3. The van der Waals surface area contributed by atoms with Gasteiger partial charge in [0.05, 0.1) is 19.8 Å². The largest absolute Gasteiger partial charge is 0.465 e. The molecule has 0 aliphatic carbocycles. The van der Waals surface area contributed by atoms with Crippen LogP contribution < -0.4 is 5.32 Å². The predicted molar refractivity (Wildman–Crippen MR) is 109 cm³/mol. The van der Waals surface area contributed by atoms with Crippen molar-refractivity contribution in [3.05, 3.63) is 24.0 Å². The van der Waals surface area contributed by atoms with Gasteiger partial charge in [-0.25, -0.2) is 4.79 Å². The number of aromatic nitrogens is 1. The lowest BCUT2D eigenvalue weighted by molar-refractivity contribution is -0.141. The lowest BCUT2D eigenvalue weighted by Gasteiger charge is -2.28. The lowest BCUT2D eigenvalue weighted by Crippen LogP contribution is -2.48. The minimum atomic E-state index is -0.506. The zero-order chi connectivity index (χ0) is 21.6. The third-order valence-corrected chi connectivity index (χ3v) is 4.41. The summed E-state index contributed by atoms with van der Waals surface area (Å²) in [5, 5.41) is 2.53. The fourth-order valence-corrected chi connectivity index (χ4v) is 2.69. The van der Waals surface area contributed by atoms with Crippen molar-refractivity contribution >= 4 is 17.9 Å². The van der Waals surface area contributed by atoms with E-state index in [1.54, 1.807) is 18.9 Å². The van der Waals surface area contributed by atoms with Crippen LogP contribution in [-0.2, 0) is 32.7 Å². The van der Waals surface area contributed by atoms with Gasteiger partial charge < -0.3 is 29.2 Å². The monoisotopic (exact) mass is 410 g/mol. The fraction of sp³-hybridized carbons (Fsp3) is 0.650. The van der Waals surface area contributed by atoms with Crippen LogP contribution in [0.25, 0.3) is 0 Å². The van der Waals surface area contributed by atoms with Crippen LogP contribution in [0, 0.1) is 0 Å². The van der Waals surface area contributed by atoms with Gasteiger partial charge in [-0.1, -0.05) is 13.3 Å². The molecule has 1 aromatic heterocycles. The number of urea groups is 1. The minimum absolute atomic E-state index is 0.0667. The number of unbranched alkanes of at least 4 members (excludes halogenated alkanes) is 1. The molecule has 0 radical (unpaired) electrons. The minimum Gasteiger partial charge on any atom is -0.465 e. The molecular formula is C20H34N4O5. The Morgan fingerprint density at radius 2 is 1.93 bits per heavy atom. The summed E-state index contributed by atoms with van der Waals surface area (Å²) in [4.78, 5) is 40.1. The van der Waals surface area contributed by atoms with Crippen molar-refractivity contribution in [2.45, 2.75) is 33.2 Å². The second kappa shape index (κ2) is 13.6. The smallest absolute Gasteiger partial charge is 0.325 e. The van der Waals surface area contributed by atoms with E-state index in [-0.39, 0.29) is 25.6 Å². The maximum absolute atomic E-state index is 13.0. The average molecular weight is 411 g/mol. The number of ether oxygens (including phenoxy) is 2. The Hall–Kier alpha value is -2.55. The molecule has 0 saturated carbocycles. The molecule has 0 aliphatic heterocycles. The lowest BCUT2D eigenvalue weighted by atomic mass is 10.3. The summed E-state index contributed by atoms with van der Waals surface area (Å²) < 4.78 is 11.9. The van der Waals surface area contributed by atoms with Crippen molar-refractivity contribution in [3.8, 4) is 0 Å². The Labute approximate surface area is 172 Å². The molecule has 1 rings (SSSR count). The summed E-state index contributed by atoms with van der Waals surface area (Å²) in [6, 6.07) is 3.42. The van der Waals surface area contributed by atoms with Crippen LogP contribution in [0.15, 0.2) is 18.3 Å². The molecule has 0 aromatic carbocycles. The second-order valence-electron chi connectivity index (χ2n) is 6.66. The molecule has 0 bridgehead atoms. The van der Waals surface area contributed by atoms with Crippen LogP contribution >= 0.6 is 0 Å². The average Bonchev–Trinajstić information content (AvgIpc) is 3.10. The first kappa shape index (κ1) is 24.5. The van der Waals surface area contributed by atoms with E-state index < -0.39 is 12.0 Å². The number of methoxy groups -OCH3 is 1. The molecule has 3 amide bonds. The van der Waals surface area contributed by atoms with Crippen LogP contribution in [0.3, 0.4) is 0 Å². The van der Waals surface area contributed by atoms with Gasteiger partial charge in [0.2, 0.25) is 5.91 Å². The second-order valence-corrected chi connectivity index (χ2v) is 6.66. The number of aryl methyl sites for hydroxylation is 1. The highest BCUT2D eigenvalue weighted by Crippen LogP contribution is 2.07. The SMILES string of the molecule is CCCCN(CC(=O)N(CCOC)Cc1cccn1C)C(=O)NCC(=O)OCC. The number of rotatable bonds is 13. The van der Waals surface area contributed by atoms with E-state index in [9.17, 15) is 14.4 Å². The third-order valence-electron chi connectivity index (χ3n) is 4.41. The number of carbonyl (C=O) groups excluding carboxylic acids is 3. The van der Waals surface area contributed by atoms with Crippen LogP contribution in [0.5, 0.6) is 0 Å². The summed E-state index contributed by atoms with van der Waals surface area (Å²) in [5.74, 6) is -0.682. The van der Waals surface area contributed by atoms with Gasteiger partial charge in [0.1, 0.15) is 13.1 Å². The molecule has 0 spiro atoms. The molecule has 0 atom stereocenters. The molecule has 1 heterocycles. The fourth-order valence-electron chi connectivity index (χ4n) is 2.69. The Kier molecular flexibility index (Phi) is 11.5. The summed E-state index contributed by atoms with van der Waals surface area (Å²) in [6.45, 7) is 5.36. The molecule has 29 heavy (non-hydrogen) atoms. The van der Waals surface area contributed by atoms with Crippen LogP contribution in [-0.4, -0.2) is 78.8 Å². The quantitative estimate of drug-likeness (QED) is 0.496. The Balaban J connectivity index is 2.78. The highest BCUT2D eigenvalue weighted by molar-refractivity contribution is 5.86. The van der Waals surface area contributed by atoms with E-state index in [1.165, 1.54) is 4.90 Å². The molecular weight excluding hydrogens is 376 g/mol. The molecule has 1 aromatic rings. The predicted octanol–water partition coefficient (Wildman–Crippen LogP) is 1.37. The standard InChI is InChI=1S/C20H34N4O5/c1-5-7-11-24(20(27)21-14-19(26)29-6-2)16-18(25)23(12-13-28-4)15-17-9-8-10-22(17)3/h8-10H,5-7,11-16H2,1-4H3,(H,21,27). The van der Waals surface area contributed by atoms with Crippen molar-refractivity contribution in [3.63, 3.8) is 0 Å². The number of nitrogens with zero attached hydrogens (tertiary/aromatic N) is 3. The molecule has 0 aliphatic rings. The van der Waals surface area contributed by atoms with Crippen molar-refractivity contribution < 1.29 is 23.9 Å². The number of hydrogen-bond donors (Lipinski definition) is 1. The normalized spacial score (nSPS) is 10.5. The Bertz CT molecular complexity index is 647. The number of esters is 1. The highest BCUT2D eigenvalue weighted by Gasteiger charge is 2.22. The topological polar surface area (TPSA) is 93.1 Å². The van der Waals surface area contributed by atoms with Gasteiger partial charge in [-0.2, -0.15) is 0 Å². The first-order valence-electron chi connectivity index (χ1n) is 9.98. The van der Waals surface area contributed by atoms with E-state index in [0.29, 0.717) is 26.2 Å². The van der Waals surface area contributed by atoms with Gasteiger partial charge in [0, 0.05) is 39.1 Å². The van der Waals surface area contributed by atoms with Crippen LogP contribution in [0.1, 0.15) is 32.4 Å². The van der Waals surface area contributed by atoms with Gasteiger partial charge in [-0.05, 0) is 25.5 Å². The first-order valence-corrected chi connectivity index (χ1v) is 9.98. The van der Waals surface area contributed by atoms with E-state index in [2.05, 4.69) is 5.32 Å². The Morgan fingerprint density at radius 3 is 2.52 bits per heavy atom. The third kappa shape index (κ3) is 8.99. The van der Waals surface area contributed by atoms with Gasteiger partial charge in [0.15, 0.2) is 0 Å². The summed E-state index contributed by atoms with van der Waals surface area (Å²) >= 11 is 0. The number of hydrogen-bond acceptors (Lipinski definition) is 5. The van der Waals surface area contributed by atoms with Gasteiger partial charge >= 0.3 is 12.0 Å². The first-order chi connectivity index (χ1) is 13.9. The molecule has 9 nitrogen and oxygen atoms in total. The Morgan fingerprint density at radius 1 is 1.17 bits per heavy atom. The molecule has 1 N–H and O–H groups in total. The zero-order valence-electron chi connectivity index (χ0n) is 18.0.